The number of rotatable bonds is 3. The Morgan fingerprint density at radius 2 is 1.85 bits per heavy atom. The van der Waals surface area contributed by atoms with E-state index in [0.717, 1.165) is 15.3 Å². The van der Waals surface area contributed by atoms with Gasteiger partial charge in [0.05, 0.1) is 4.88 Å². The second-order valence-electron chi connectivity index (χ2n) is 4.24. The highest BCUT2D eigenvalue weighted by atomic mass is 32.1. The first kappa shape index (κ1) is 13.1. The van der Waals surface area contributed by atoms with Gasteiger partial charge >= 0.3 is 5.97 Å². The lowest BCUT2D eigenvalue weighted by molar-refractivity contribution is -0.131. The van der Waals surface area contributed by atoms with Crippen molar-refractivity contribution in [3.05, 3.63) is 53.9 Å². The Hall–Kier alpha value is -1.91. The molecule has 100 valence electrons. The Morgan fingerprint density at radius 3 is 2.50 bits per heavy atom. The number of benzene rings is 1. The highest BCUT2D eigenvalue weighted by Gasteiger charge is 2.15. The van der Waals surface area contributed by atoms with Crippen molar-refractivity contribution in [2.45, 2.75) is 6.92 Å². The molecule has 0 amide bonds. The predicted octanol–water partition coefficient (Wildman–Crippen LogP) is 5.07. The minimum absolute atomic E-state index is 0.294. The van der Waals surface area contributed by atoms with Gasteiger partial charge in [-0.3, -0.25) is 4.79 Å². The molecule has 2 aromatic heterocycles. The molecule has 3 aromatic rings. The van der Waals surface area contributed by atoms with Crippen molar-refractivity contribution in [1.82, 2.24) is 0 Å². The summed E-state index contributed by atoms with van der Waals surface area (Å²) in [6, 6.07) is 16.0. The average Bonchev–Trinajstić information content (AvgIpc) is 3.08. The lowest BCUT2D eigenvalue weighted by Crippen LogP contribution is -2.00. The van der Waals surface area contributed by atoms with Crippen molar-refractivity contribution in [2.75, 3.05) is 0 Å². The topological polar surface area (TPSA) is 26.3 Å². The zero-order chi connectivity index (χ0) is 13.9. The maximum Gasteiger partial charge on any atom is 0.308 e. The van der Waals surface area contributed by atoms with Crippen LogP contribution in [0.2, 0.25) is 0 Å². The van der Waals surface area contributed by atoms with E-state index >= 15 is 0 Å². The summed E-state index contributed by atoms with van der Waals surface area (Å²) in [5.74, 6) is 0.342. The molecule has 20 heavy (non-hydrogen) atoms. The summed E-state index contributed by atoms with van der Waals surface area (Å²) in [7, 11) is 0. The molecule has 0 bridgehead atoms. The van der Waals surface area contributed by atoms with Crippen LogP contribution in [-0.4, -0.2) is 5.97 Å². The fraction of sp³-hybridized carbons (Fsp3) is 0.0625. The number of carbonyl (C=O) groups excluding carboxylic acids is 1. The molecule has 3 rings (SSSR count). The molecule has 0 unspecified atom stereocenters. The van der Waals surface area contributed by atoms with E-state index in [1.165, 1.54) is 11.8 Å². The largest absolute Gasteiger partial charge is 0.425 e. The molecule has 4 heteroatoms. The summed E-state index contributed by atoms with van der Waals surface area (Å²) in [6.07, 6.45) is 0. The van der Waals surface area contributed by atoms with Gasteiger partial charge in [0.25, 0.3) is 0 Å². The normalized spacial score (nSPS) is 10.4. The van der Waals surface area contributed by atoms with E-state index in [4.69, 9.17) is 4.74 Å². The van der Waals surface area contributed by atoms with E-state index in [-0.39, 0.29) is 5.97 Å². The van der Waals surface area contributed by atoms with Crippen molar-refractivity contribution in [3.8, 4) is 25.9 Å². The summed E-state index contributed by atoms with van der Waals surface area (Å²) in [5.41, 5.74) is 1.07. The number of esters is 1. The van der Waals surface area contributed by atoms with Crippen molar-refractivity contribution in [3.63, 3.8) is 0 Å². The number of hydrogen-bond acceptors (Lipinski definition) is 4. The van der Waals surface area contributed by atoms with Gasteiger partial charge in [0.2, 0.25) is 0 Å². The number of carbonyl (C=O) groups is 1. The van der Waals surface area contributed by atoms with Crippen LogP contribution in [0, 0.1) is 0 Å². The van der Waals surface area contributed by atoms with Gasteiger partial charge in [-0.15, -0.1) is 22.7 Å². The van der Waals surface area contributed by atoms with Crippen LogP contribution in [0.3, 0.4) is 0 Å². The molecule has 0 N–H and O–H groups in total. The van der Waals surface area contributed by atoms with Gasteiger partial charge in [-0.05, 0) is 17.0 Å². The van der Waals surface area contributed by atoms with E-state index in [1.807, 2.05) is 47.8 Å². The van der Waals surface area contributed by atoms with Gasteiger partial charge in [0.15, 0.2) is 0 Å². The molecule has 0 saturated heterocycles. The maximum absolute atomic E-state index is 11.3. The van der Waals surface area contributed by atoms with Crippen LogP contribution in [0.5, 0.6) is 5.75 Å². The SMILES string of the molecule is CC(=O)Oc1cc(-c2cccs2)sc1-c1ccccc1. The van der Waals surface area contributed by atoms with Crippen molar-refractivity contribution >= 4 is 28.6 Å². The molecule has 0 fully saturated rings. The molecule has 0 saturated carbocycles. The third-order valence-corrected chi connectivity index (χ3v) is 4.98. The highest BCUT2D eigenvalue weighted by molar-refractivity contribution is 7.23. The van der Waals surface area contributed by atoms with E-state index in [0.29, 0.717) is 5.75 Å². The van der Waals surface area contributed by atoms with Gasteiger partial charge in [-0.25, -0.2) is 0 Å². The Kier molecular flexibility index (Phi) is 3.67. The van der Waals surface area contributed by atoms with Crippen LogP contribution in [0.25, 0.3) is 20.2 Å². The van der Waals surface area contributed by atoms with Crippen molar-refractivity contribution < 1.29 is 9.53 Å². The lowest BCUT2D eigenvalue weighted by Gasteiger charge is -2.02. The predicted molar refractivity (Wildman–Crippen MR) is 84.4 cm³/mol. The van der Waals surface area contributed by atoms with Gasteiger partial charge in [-0.2, -0.15) is 0 Å². The van der Waals surface area contributed by atoms with E-state index in [2.05, 4.69) is 6.07 Å². The molecule has 0 aliphatic rings. The molecular weight excluding hydrogens is 288 g/mol. The lowest BCUT2D eigenvalue weighted by atomic mass is 10.2. The quantitative estimate of drug-likeness (QED) is 0.631. The zero-order valence-electron chi connectivity index (χ0n) is 10.8. The second kappa shape index (κ2) is 5.61. The van der Waals surface area contributed by atoms with Crippen molar-refractivity contribution in [1.29, 1.82) is 0 Å². The number of ether oxygens (including phenoxy) is 1. The number of thiophene rings is 2. The van der Waals surface area contributed by atoms with E-state index in [9.17, 15) is 4.79 Å². The Bertz CT molecular complexity index is 712. The van der Waals surface area contributed by atoms with Crippen LogP contribution in [0.4, 0.5) is 0 Å². The molecule has 2 heterocycles. The van der Waals surface area contributed by atoms with Crippen LogP contribution in [-0.2, 0) is 4.79 Å². The summed E-state index contributed by atoms with van der Waals surface area (Å²) in [6.45, 7) is 1.43. The zero-order valence-corrected chi connectivity index (χ0v) is 12.5. The third kappa shape index (κ3) is 2.66. The van der Waals surface area contributed by atoms with Gasteiger partial charge in [-0.1, -0.05) is 36.4 Å². The minimum Gasteiger partial charge on any atom is -0.425 e. The average molecular weight is 300 g/mol. The first-order valence-corrected chi connectivity index (χ1v) is 7.85. The Balaban J connectivity index is 2.09. The first-order valence-electron chi connectivity index (χ1n) is 6.15. The van der Waals surface area contributed by atoms with Crippen LogP contribution >= 0.6 is 22.7 Å². The Morgan fingerprint density at radius 1 is 1.05 bits per heavy atom. The molecule has 2 nitrogen and oxygen atoms in total. The van der Waals surface area contributed by atoms with E-state index < -0.39 is 0 Å². The number of hydrogen-bond donors (Lipinski definition) is 0. The minimum atomic E-state index is -0.294. The fourth-order valence-electron chi connectivity index (χ4n) is 1.94. The summed E-state index contributed by atoms with van der Waals surface area (Å²) >= 11 is 3.33. The molecule has 0 radical (unpaired) electrons. The van der Waals surface area contributed by atoms with E-state index in [1.54, 1.807) is 22.7 Å². The van der Waals surface area contributed by atoms with Crippen LogP contribution in [0.15, 0.2) is 53.9 Å². The maximum atomic E-state index is 11.3. The van der Waals surface area contributed by atoms with Gasteiger partial charge in [0, 0.05) is 22.7 Å². The summed E-state index contributed by atoms with van der Waals surface area (Å²) in [4.78, 5) is 14.6. The standard InChI is InChI=1S/C16H12O2S2/c1-11(17)18-13-10-15(14-8-5-9-19-14)20-16(13)12-6-3-2-4-7-12/h2-10H,1H3. The molecule has 0 spiro atoms. The molecular formula is C16H12O2S2. The summed E-state index contributed by atoms with van der Waals surface area (Å²) < 4.78 is 5.35. The van der Waals surface area contributed by atoms with Crippen LogP contribution in [0.1, 0.15) is 6.92 Å². The molecule has 0 atom stereocenters. The second-order valence-corrected chi connectivity index (χ2v) is 6.24. The highest BCUT2D eigenvalue weighted by Crippen LogP contribution is 2.44. The monoisotopic (exact) mass is 300 g/mol. The third-order valence-electron chi connectivity index (χ3n) is 2.75. The summed E-state index contributed by atoms with van der Waals surface area (Å²) in [5, 5.41) is 2.04. The molecule has 1 aromatic carbocycles. The Labute approximate surface area is 125 Å². The van der Waals surface area contributed by atoms with Crippen LogP contribution < -0.4 is 4.74 Å². The fourth-order valence-corrected chi connectivity index (χ4v) is 3.85. The first-order chi connectivity index (χ1) is 9.74. The smallest absolute Gasteiger partial charge is 0.308 e. The molecule has 0 aliphatic carbocycles. The van der Waals surface area contributed by atoms with Gasteiger partial charge in [0.1, 0.15) is 5.75 Å². The van der Waals surface area contributed by atoms with Crippen molar-refractivity contribution in [2.24, 2.45) is 0 Å². The molecule has 0 aliphatic heterocycles. The van der Waals surface area contributed by atoms with Gasteiger partial charge < -0.3 is 4.74 Å².